The number of nitrogens with zero attached hydrogens (tertiary/aromatic N) is 5. The Morgan fingerprint density at radius 1 is 0.636 bits per heavy atom. The summed E-state index contributed by atoms with van der Waals surface area (Å²) in [7, 11) is 0. The van der Waals surface area contributed by atoms with Crippen LogP contribution in [-0.4, -0.2) is 204 Å². The number of thioether (sulfide) groups is 1. The molecule has 107 heavy (non-hydrogen) atoms. The van der Waals surface area contributed by atoms with Crippen molar-refractivity contribution in [2.45, 2.75) is 170 Å². The Balaban J connectivity index is 0.0000179. The van der Waals surface area contributed by atoms with Crippen LogP contribution in [0.25, 0.3) is 0 Å². The summed E-state index contributed by atoms with van der Waals surface area (Å²) >= 11 is 7.61. The molecule has 8 amide bonds. The second-order valence-corrected chi connectivity index (χ2v) is 28.1. The van der Waals surface area contributed by atoms with Crippen LogP contribution in [0.2, 0.25) is 0 Å². The fourth-order valence-corrected chi connectivity index (χ4v) is 14.3. The van der Waals surface area contributed by atoms with Gasteiger partial charge in [-0.25, -0.2) is 4.79 Å². The number of guanidine groups is 1. The Labute approximate surface area is 671 Å². The molecule has 1 aromatic heterocycles. The van der Waals surface area contributed by atoms with E-state index < -0.39 is 85.9 Å². The van der Waals surface area contributed by atoms with E-state index in [1.165, 1.54) is 17.0 Å². The van der Waals surface area contributed by atoms with Crippen LogP contribution in [0, 0.1) is 61.2 Å². The number of hydrogen-bond donors (Lipinski definition) is 15. The fourth-order valence-electron chi connectivity index (χ4n) is 12.4. The molecule has 6 unspecified atom stereocenters. The second kappa shape index (κ2) is 46.4. The van der Waals surface area contributed by atoms with Crippen molar-refractivity contribution in [3.63, 3.8) is 0 Å². The summed E-state index contributed by atoms with van der Waals surface area (Å²) in [5.74, 6) is -0.920. The third-order valence-corrected chi connectivity index (χ3v) is 19.2. The zero-order valence-electron chi connectivity index (χ0n) is 59.5. The van der Waals surface area contributed by atoms with E-state index in [1.807, 2.05) is 30.3 Å². The first kappa shape index (κ1) is 87.1. The number of amides is 8. The van der Waals surface area contributed by atoms with Gasteiger partial charge in [-0.15, -0.1) is 11.8 Å². The largest absolute Gasteiger partial charge is 3.00 e. The first-order chi connectivity index (χ1) is 50.9. The molecule has 3 aliphatic heterocycles. The van der Waals surface area contributed by atoms with E-state index in [1.54, 1.807) is 60.3 Å². The van der Waals surface area contributed by atoms with Gasteiger partial charge >= 0.3 is 79.3 Å². The molecule has 0 radical (unpaired) electrons. The van der Waals surface area contributed by atoms with Crippen molar-refractivity contribution in [1.82, 2.24) is 51.6 Å². The number of carbonyl (C=O) groups excluding carboxylic acids is 7. The number of aliphatic carboxylic acids is 4. The van der Waals surface area contributed by atoms with Gasteiger partial charge in [-0.05, 0) is 155 Å². The van der Waals surface area contributed by atoms with Gasteiger partial charge in [0.1, 0.15) is 18.1 Å². The van der Waals surface area contributed by atoms with Crippen molar-refractivity contribution in [3.05, 3.63) is 119 Å². The standard InChI is InChI=1S/C73H96N16O15S2.Eu/c74-71(75)78-35-14-18-56(67(101)81-51-31-29-50(30-32-51)80-62(92)22-7-3-12-34-76-60(90)20-6-2-11-33-77-61(91)21-9-8-17-55-40-57-69(106-55)86-72(104)84-57)83-68(102)59-19-10-13-36-89(59)70(103)58(39-48-15-4-1-5-16-48)85-73(105)82-52-27-25-47(26-28-52)23-24-49-37-53(41-87(43-63(93)94)44-64(95)96)79-54(38-49)42-88(45-65(97)98)46-66(99)100;/h1,4-5,15-16,25-32,37-38,55-59,69H,2-3,6-14,17-22,33-36,39-46H2,(H,76,90)(H,77,91)(H,80,92)(H,81,101)(H,83,102)(H,93,94)(H,95,96)(H,97,98)(H,99,100)(H4,74,75,78)(H2,82,85,105)(H2,84,86,104);/q;+3. The molecule has 3 aromatic carbocycles. The van der Waals surface area contributed by atoms with Crippen molar-refractivity contribution in [1.29, 1.82) is 0 Å². The normalized spacial score (nSPS) is 16.1. The van der Waals surface area contributed by atoms with Crippen LogP contribution >= 0.6 is 24.0 Å². The molecule has 3 saturated heterocycles. The first-order valence-corrected chi connectivity index (χ1v) is 36.9. The average Bonchev–Trinajstić information content (AvgIpc) is 1.65. The number of thiocarbonyl (C=S) groups is 1. The fraction of sp³-hybridized carbons (Fsp3) is 0.479. The maximum Gasteiger partial charge on any atom is 3.00 e. The molecule has 4 heterocycles. The monoisotopic (exact) mass is 1650 g/mol. The number of hydrogen-bond acceptors (Lipinski definition) is 17. The predicted octanol–water partition coefficient (Wildman–Crippen LogP) is 4.24. The number of nitrogens with one attached hydrogen (secondary N) is 9. The molecule has 0 saturated carbocycles. The van der Waals surface area contributed by atoms with Gasteiger partial charge in [0, 0.05) is 98.4 Å². The number of rotatable bonds is 43. The number of aliphatic imine (C=N–C) groups is 1. The summed E-state index contributed by atoms with van der Waals surface area (Å²) in [6.07, 6.45) is 11.5. The number of carboxylic acids is 4. The van der Waals surface area contributed by atoms with Crippen LogP contribution in [0.4, 0.5) is 21.9 Å². The number of unbranched alkanes of at least 4 members (excludes halogenated alkanes) is 5. The summed E-state index contributed by atoms with van der Waals surface area (Å²) in [6, 6.07) is 22.6. The average molecular weight is 1650 g/mol. The predicted molar refractivity (Wildman–Crippen MR) is 403 cm³/mol. The van der Waals surface area contributed by atoms with Gasteiger partial charge in [0.25, 0.3) is 0 Å². The Kier molecular flexibility index (Phi) is 37.7. The molecular weight excluding hydrogens is 1560 g/mol. The maximum absolute atomic E-state index is 14.9. The van der Waals surface area contributed by atoms with Crippen molar-refractivity contribution in [2.75, 3.05) is 68.3 Å². The molecule has 0 spiro atoms. The number of piperidine rings is 1. The van der Waals surface area contributed by atoms with Gasteiger partial charge < -0.3 is 84.6 Å². The number of pyridine rings is 1. The molecule has 31 nitrogen and oxygen atoms in total. The quantitative estimate of drug-likeness (QED) is 0.00968. The number of benzene rings is 3. The van der Waals surface area contributed by atoms with Crippen LogP contribution in [-0.2, 0) is 67.5 Å². The number of urea groups is 1. The maximum atomic E-state index is 14.9. The van der Waals surface area contributed by atoms with Gasteiger partial charge in [0.05, 0.1) is 49.0 Å². The molecule has 6 atom stereocenters. The Morgan fingerprint density at radius 3 is 1.75 bits per heavy atom. The van der Waals surface area contributed by atoms with E-state index >= 15 is 0 Å². The summed E-state index contributed by atoms with van der Waals surface area (Å²) in [6.45, 7) is -1.53. The zero-order chi connectivity index (χ0) is 76.3. The molecule has 3 aliphatic rings. The third kappa shape index (κ3) is 33.0. The number of anilines is 3. The Bertz CT molecular complexity index is 3690. The van der Waals surface area contributed by atoms with Gasteiger partial charge in [0.15, 0.2) is 11.1 Å². The molecule has 7 rings (SSSR count). The molecule has 4 aromatic rings. The number of fused-ring (bicyclic) bond motifs is 1. The van der Waals surface area contributed by atoms with E-state index in [-0.39, 0.29) is 152 Å². The van der Waals surface area contributed by atoms with Crippen LogP contribution in [0.1, 0.15) is 144 Å². The van der Waals surface area contributed by atoms with Gasteiger partial charge in [-0.1, -0.05) is 61.4 Å². The van der Waals surface area contributed by atoms with Crippen LogP contribution < -0.4 is 59.3 Å². The summed E-state index contributed by atoms with van der Waals surface area (Å²) in [4.78, 5) is 151. The smallest absolute Gasteiger partial charge is 0.480 e. The van der Waals surface area contributed by atoms with Crippen molar-refractivity contribution in [3.8, 4) is 11.8 Å². The van der Waals surface area contributed by atoms with Crippen LogP contribution in [0.5, 0.6) is 0 Å². The Morgan fingerprint density at radius 2 is 1.18 bits per heavy atom. The molecule has 0 aliphatic carbocycles. The van der Waals surface area contributed by atoms with Crippen molar-refractivity contribution >= 4 is 117 Å². The minimum atomic E-state index is -1.29. The van der Waals surface area contributed by atoms with E-state index in [0.717, 1.165) is 66.7 Å². The van der Waals surface area contributed by atoms with Gasteiger partial charge in [-0.2, -0.15) is 0 Å². The number of likely N-dealkylation sites (tertiary alicyclic amines) is 1. The summed E-state index contributed by atoms with van der Waals surface area (Å²) in [5.41, 5.74) is 14.6. The van der Waals surface area contributed by atoms with Crippen molar-refractivity contribution < 1.29 is 123 Å². The third-order valence-electron chi connectivity index (χ3n) is 17.4. The van der Waals surface area contributed by atoms with E-state index in [4.69, 9.17) is 23.7 Å². The number of nitrogens with two attached hydrogens (primary N) is 2. The second-order valence-electron chi connectivity index (χ2n) is 26.2. The Hall–Kier alpha value is -8.85. The molecule has 17 N–H and O–H groups in total. The zero-order valence-corrected chi connectivity index (χ0v) is 63.6. The van der Waals surface area contributed by atoms with E-state index in [9.17, 15) is 73.2 Å². The number of carbonyl (C=O) groups is 11. The number of carboxylic acid groups (broad SMARTS) is 4. The first-order valence-electron chi connectivity index (χ1n) is 35.6. The van der Waals surface area contributed by atoms with Gasteiger partial charge in [0.2, 0.25) is 35.4 Å². The minimum Gasteiger partial charge on any atom is -0.480 e. The molecule has 574 valence electrons. The molecular formula is C73H96EuN16O15S2+3. The van der Waals surface area contributed by atoms with Crippen LogP contribution in [0.3, 0.4) is 0 Å². The summed E-state index contributed by atoms with van der Waals surface area (Å²) < 4.78 is 0. The number of aromatic nitrogens is 1. The van der Waals surface area contributed by atoms with Gasteiger partial charge in [-0.3, -0.25) is 67.7 Å². The van der Waals surface area contributed by atoms with Crippen LogP contribution in [0.15, 0.2) is 96.0 Å². The molecule has 3 fully saturated rings. The minimum absolute atomic E-state index is 0. The van der Waals surface area contributed by atoms with Crippen molar-refractivity contribution in [2.24, 2.45) is 16.5 Å². The van der Waals surface area contributed by atoms with E-state index in [2.05, 4.69) is 69.7 Å². The van der Waals surface area contributed by atoms with E-state index in [0.29, 0.717) is 97.9 Å². The topological polar surface area (TPSA) is 464 Å². The molecule has 34 heteroatoms. The summed E-state index contributed by atoms with van der Waals surface area (Å²) in [5, 5.41) is 65.3. The SMILES string of the molecule is NC(N)=NCCCC(NC(=O)C1CCCCN1C(=O)C(Cc1ccccc1)NC(=S)Nc1ccc(C#Cc2cc(CN(CC(=O)O)CC(=O)O)nc(CN(CC(=O)O)CC(=O)O)c2)cc1)C(=O)Nc1ccc(NC(=O)CCCCCNC(=O)CCCCCNC(=O)CCCCC2CC3NC(=O)NC3S2)cc1.[Eu+3]. The molecule has 0 bridgehead atoms.